The number of carbonyl (C=O) groups excluding carboxylic acids is 1. The van der Waals surface area contributed by atoms with Crippen LogP contribution in [0.3, 0.4) is 0 Å². The van der Waals surface area contributed by atoms with Gasteiger partial charge in [0.2, 0.25) is 5.89 Å². The Labute approximate surface area is 169 Å². The van der Waals surface area contributed by atoms with E-state index in [0.717, 1.165) is 0 Å². The van der Waals surface area contributed by atoms with Crippen LogP contribution in [0.4, 0.5) is 11.4 Å². The molecule has 0 bridgehead atoms. The first-order valence-electron chi connectivity index (χ1n) is 8.50. The SMILES string of the molecule is Cc1cc(C(=O)Nc2cc(-c3nc4ncccc4o3)ccc2Cl)ccc1[N+](=O)[O-]. The molecule has 1 N–H and O–H groups in total. The summed E-state index contributed by atoms with van der Waals surface area (Å²) < 4.78 is 5.70. The third-order valence-corrected chi connectivity index (χ3v) is 4.61. The summed E-state index contributed by atoms with van der Waals surface area (Å²) in [5, 5.41) is 14.0. The van der Waals surface area contributed by atoms with E-state index in [9.17, 15) is 14.9 Å². The molecule has 0 spiro atoms. The lowest BCUT2D eigenvalue weighted by atomic mass is 10.1. The summed E-state index contributed by atoms with van der Waals surface area (Å²) in [6.07, 6.45) is 1.62. The minimum atomic E-state index is -0.493. The Bertz CT molecular complexity index is 1240. The first kappa shape index (κ1) is 18.6. The van der Waals surface area contributed by atoms with Crippen LogP contribution in [0.15, 0.2) is 59.1 Å². The van der Waals surface area contributed by atoms with Crippen LogP contribution in [-0.2, 0) is 0 Å². The van der Waals surface area contributed by atoms with Gasteiger partial charge in [0.15, 0.2) is 11.2 Å². The van der Waals surface area contributed by atoms with Crippen LogP contribution in [0.25, 0.3) is 22.7 Å². The lowest BCUT2D eigenvalue weighted by Crippen LogP contribution is -2.12. The summed E-state index contributed by atoms with van der Waals surface area (Å²) in [5.74, 6) is -0.0988. The van der Waals surface area contributed by atoms with Crippen molar-refractivity contribution in [1.82, 2.24) is 9.97 Å². The van der Waals surface area contributed by atoms with E-state index in [1.807, 2.05) is 0 Å². The van der Waals surface area contributed by atoms with E-state index >= 15 is 0 Å². The van der Waals surface area contributed by atoms with E-state index in [1.165, 1.54) is 18.2 Å². The van der Waals surface area contributed by atoms with Gasteiger partial charge in [-0.25, -0.2) is 4.98 Å². The lowest BCUT2D eigenvalue weighted by molar-refractivity contribution is -0.385. The molecule has 9 heteroatoms. The first-order chi connectivity index (χ1) is 13.9. The summed E-state index contributed by atoms with van der Waals surface area (Å²) in [6, 6.07) is 12.6. The van der Waals surface area contributed by atoms with Gasteiger partial charge in [-0.3, -0.25) is 14.9 Å². The predicted molar refractivity (Wildman–Crippen MR) is 108 cm³/mol. The monoisotopic (exact) mass is 408 g/mol. The van der Waals surface area contributed by atoms with E-state index in [2.05, 4.69) is 15.3 Å². The number of pyridine rings is 1. The Morgan fingerprint density at radius 2 is 2.03 bits per heavy atom. The molecule has 144 valence electrons. The number of nitrogens with one attached hydrogen (secondary N) is 1. The Hall–Kier alpha value is -3.78. The highest BCUT2D eigenvalue weighted by Crippen LogP contribution is 2.30. The molecular weight excluding hydrogens is 396 g/mol. The molecule has 0 saturated carbocycles. The molecule has 8 nitrogen and oxygen atoms in total. The number of hydrogen-bond donors (Lipinski definition) is 1. The number of hydrogen-bond acceptors (Lipinski definition) is 6. The standard InChI is InChI=1S/C20H13ClN4O4/c1-11-9-12(5-7-16(11)25(27)28)19(26)23-15-10-13(4-6-14(15)21)20-24-18-17(29-20)3-2-8-22-18/h2-10H,1H3,(H,23,26). The smallest absolute Gasteiger partial charge is 0.272 e. The molecule has 2 heterocycles. The summed E-state index contributed by atoms with van der Waals surface area (Å²) >= 11 is 6.22. The fourth-order valence-corrected chi connectivity index (χ4v) is 3.01. The number of fused-ring (bicyclic) bond motifs is 1. The molecule has 2 aromatic heterocycles. The van der Waals surface area contributed by atoms with E-state index in [-0.39, 0.29) is 11.3 Å². The molecular formula is C20H13ClN4O4. The van der Waals surface area contributed by atoms with Crippen molar-refractivity contribution in [3.05, 3.63) is 81.0 Å². The maximum atomic E-state index is 12.6. The Kier molecular flexibility index (Phi) is 4.69. The number of nitro benzene ring substituents is 1. The third kappa shape index (κ3) is 3.65. The van der Waals surface area contributed by atoms with Crippen LogP contribution in [0.1, 0.15) is 15.9 Å². The highest BCUT2D eigenvalue weighted by Gasteiger charge is 2.16. The minimum absolute atomic E-state index is 0.0499. The normalized spacial score (nSPS) is 10.8. The number of benzene rings is 2. The molecule has 0 atom stereocenters. The number of oxazole rings is 1. The Morgan fingerprint density at radius 1 is 1.21 bits per heavy atom. The van der Waals surface area contributed by atoms with Crippen LogP contribution >= 0.6 is 11.6 Å². The van der Waals surface area contributed by atoms with Gasteiger partial charge in [-0.1, -0.05) is 11.6 Å². The molecule has 0 aliphatic heterocycles. The number of carbonyl (C=O) groups is 1. The molecule has 2 aromatic carbocycles. The summed E-state index contributed by atoms with van der Waals surface area (Å²) in [4.78, 5) is 31.5. The van der Waals surface area contributed by atoms with Gasteiger partial charge in [0.05, 0.1) is 15.6 Å². The number of nitrogens with zero attached hydrogens (tertiary/aromatic N) is 3. The quantitative estimate of drug-likeness (QED) is 0.375. The maximum Gasteiger partial charge on any atom is 0.272 e. The van der Waals surface area contributed by atoms with Gasteiger partial charge in [-0.15, -0.1) is 0 Å². The van der Waals surface area contributed by atoms with Gasteiger partial charge in [-0.2, -0.15) is 4.98 Å². The molecule has 0 saturated heterocycles. The number of rotatable bonds is 4. The molecule has 0 fully saturated rings. The van der Waals surface area contributed by atoms with Gasteiger partial charge >= 0.3 is 0 Å². The Balaban J connectivity index is 1.63. The fraction of sp³-hybridized carbons (Fsp3) is 0.0500. The highest BCUT2D eigenvalue weighted by molar-refractivity contribution is 6.34. The maximum absolute atomic E-state index is 12.6. The number of amides is 1. The summed E-state index contributed by atoms with van der Waals surface area (Å²) in [5.41, 5.74) is 2.62. The van der Waals surface area contributed by atoms with E-state index in [4.69, 9.17) is 16.0 Å². The molecule has 4 rings (SSSR count). The largest absolute Gasteiger partial charge is 0.434 e. The number of nitro groups is 1. The molecule has 0 radical (unpaired) electrons. The second kappa shape index (κ2) is 7.33. The van der Waals surface area contributed by atoms with Crippen molar-refractivity contribution >= 4 is 40.1 Å². The molecule has 1 amide bonds. The van der Waals surface area contributed by atoms with Crippen molar-refractivity contribution in [3.63, 3.8) is 0 Å². The number of aromatic nitrogens is 2. The third-order valence-electron chi connectivity index (χ3n) is 4.28. The van der Waals surface area contributed by atoms with Crippen molar-refractivity contribution in [1.29, 1.82) is 0 Å². The highest BCUT2D eigenvalue weighted by atomic mass is 35.5. The first-order valence-corrected chi connectivity index (χ1v) is 8.88. The van der Waals surface area contributed by atoms with Gasteiger partial charge in [0, 0.05) is 29.0 Å². The molecule has 0 unspecified atom stereocenters. The minimum Gasteiger partial charge on any atom is -0.434 e. The zero-order valence-electron chi connectivity index (χ0n) is 15.0. The average Bonchev–Trinajstić information content (AvgIpc) is 3.13. The van der Waals surface area contributed by atoms with Crippen LogP contribution in [0, 0.1) is 17.0 Å². The van der Waals surface area contributed by atoms with E-state index in [0.29, 0.717) is 39.0 Å². The van der Waals surface area contributed by atoms with Gasteiger partial charge < -0.3 is 9.73 Å². The molecule has 0 aliphatic rings. The summed E-state index contributed by atoms with van der Waals surface area (Å²) in [7, 11) is 0. The van der Waals surface area contributed by atoms with Gasteiger partial charge in [0.1, 0.15) is 0 Å². The molecule has 0 aliphatic carbocycles. The van der Waals surface area contributed by atoms with Crippen LogP contribution < -0.4 is 5.32 Å². The van der Waals surface area contributed by atoms with Gasteiger partial charge in [0.25, 0.3) is 11.6 Å². The number of aryl methyl sites for hydroxylation is 1. The predicted octanol–water partition coefficient (Wildman–Crippen LogP) is 5.01. The van der Waals surface area contributed by atoms with Gasteiger partial charge in [-0.05, 0) is 49.4 Å². The van der Waals surface area contributed by atoms with Crippen molar-refractivity contribution in [2.45, 2.75) is 6.92 Å². The number of anilines is 1. The summed E-state index contributed by atoms with van der Waals surface area (Å²) in [6.45, 7) is 1.57. The zero-order valence-corrected chi connectivity index (χ0v) is 15.8. The Morgan fingerprint density at radius 3 is 2.76 bits per heavy atom. The van der Waals surface area contributed by atoms with Crippen molar-refractivity contribution in [2.75, 3.05) is 5.32 Å². The molecule has 4 aromatic rings. The number of halogens is 1. The van der Waals surface area contributed by atoms with Crippen LogP contribution in [0.2, 0.25) is 5.02 Å². The van der Waals surface area contributed by atoms with Crippen molar-refractivity contribution in [2.24, 2.45) is 0 Å². The van der Waals surface area contributed by atoms with Crippen molar-refractivity contribution < 1.29 is 14.1 Å². The van der Waals surface area contributed by atoms with Crippen LogP contribution in [0.5, 0.6) is 0 Å². The van der Waals surface area contributed by atoms with E-state index < -0.39 is 10.8 Å². The average molecular weight is 409 g/mol. The second-order valence-corrected chi connectivity index (χ2v) is 6.66. The lowest BCUT2D eigenvalue weighted by Gasteiger charge is -2.09. The second-order valence-electron chi connectivity index (χ2n) is 6.25. The fourth-order valence-electron chi connectivity index (χ4n) is 2.84. The van der Waals surface area contributed by atoms with Crippen molar-refractivity contribution in [3.8, 4) is 11.5 Å². The molecule has 29 heavy (non-hydrogen) atoms. The zero-order chi connectivity index (χ0) is 20.5. The van der Waals surface area contributed by atoms with Crippen LogP contribution in [-0.4, -0.2) is 20.8 Å². The topological polar surface area (TPSA) is 111 Å². The van der Waals surface area contributed by atoms with E-state index in [1.54, 1.807) is 43.5 Å².